The first-order valence-electron chi connectivity index (χ1n) is 5.57. The maximum Gasteiger partial charge on any atom is 0.0795 e. The lowest BCUT2D eigenvalue weighted by molar-refractivity contribution is 0.487. The largest absolute Gasteiger partial charge is 0.302 e. The molecule has 1 aromatic carbocycles. The zero-order chi connectivity index (χ0) is 12.3. The van der Waals surface area contributed by atoms with Crippen LogP contribution in [0.2, 0.25) is 0 Å². The summed E-state index contributed by atoms with van der Waals surface area (Å²) >= 11 is 5.22. The fourth-order valence-corrected chi connectivity index (χ4v) is 3.09. The molecule has 0 saturated heterocycles. The minimum atomic E-state index is 0.267. The zero-order valence-corrected chi connectivity index (χ0v) is 12.3. The number of aromatic nitrogens is 1. The topological polar surface area (TPSA) is 24.9 Å². The monoisotopic (exact) mass is 310 g/mol. The van der Waals surface area contributed by atoms with E-state index in [1.165, 1.54) is 5.56 Å². The second kappa shape index (κ2) is 5.76. The molecule has 0 radical (unpaired) electrons. The summed E-state index contributed by atoms with van der Waals surface area (Å²) in [6.07, 6.45) is 0. The predicted molar refractivity (Wildman–Crippen MR) is 76.2 cm³/mol. The van der Waals surface area contributed by atoms with Crippen LogP contribution < -0.4 is 5.32 Å². The van der Waals surface area contributed by atoms with Crippen molar-refractivity contribution in [1.29, 1.82) is 0 Å². The van der Waals surface area contributed by atoms with E-state index in [9.17, 15) is 0 Å². The quantitative estimate of drug-likeness (QED) is 0.909. The molecule has 1 aromatic heterocycles. The fourth-order valence-electron chi connectivity index (χ4n) is 1.81. The van der Waals surface area contributed by atoms with Gasteiger partial charge < -0.3 is 5.32 Å². The molecule has 2 aromatic rings. The lowest BCUT2D eigenvalue weighted by Gasteiger charge is -2.20. The van der Waals surface area contributed by atoms with E-state index >= 15 is 0 Å². The summed E-state index contributed by atoms with van der Waals surface area (Å²) in [5, 5.41) is 5.64. The highest BCUT2D eigenvalue weighted by molar-refractivity contribution is 9.10. The number of halogens is 1. The van der Waals surface area contributed by atoms with Crippen LogP contribution in [-0.2, 0) is 0 Å². The van der Waals surface area contributed by atoms with E-state index in [1.54, 1.807) is 11.3 Å². The van der Waals surface area contributed by atoms with Gasteiger partial charge >= 0.3 is 0 Å². The molecule has 0 amide bonds. The van der Waals surface area contributed by atoms with Gasteiger partial charge in [-0.3, -0.25) is 0 Å². The van der Waals surface area contributed by atoms with Gasteiger partial charge in [0.05, 0.1) is 11.2 Å². The average molecular weight is 311 g/mol. The van der Waals surface area contributed by atoms with Crippen LogP contribution in [0.15, 0.2) is 39.6 Å². The van der Waals surface area contributed by atoms with Gasteiger partial charge in [-0.2, -0.15) is 0 Å². The molecule has 90 valence electrons. The van der Waals surface area contributed by atoms with Gasteiger partial charge in [0.25, 0.3) is 0 Å². The van der Waals surface area contributed by atoms with Gasteiger partial charge in [0.2, 0.25) is 0 Å². The number of benzene rings is 1. The van der Waals surface area contributed by atoms with E-state index in [-0.39, 0.29) is 6.04 Å². The summed E-state index contributed by atoms with van der Waals surface area (Å²) in [5.41, 5.74) is 4.25. The molecule has 1 heterocycles. The Labute approximate surface area is 114 Å². The van der Waals surface area contributed by atoms with Gasteiger partial charge in [-0.1, -0.05) is 34.1 Å². The van der Waals surface area contributed by atoms with E-state index in [0.29, 0.717) is 6.04 Å². The number of hydrogen-bond donors (Lipinski definition) is 1. The van der Waals surface area contributed by atoms with Crippen molar-refractivity contribution >= 4 is 27.3 Å². The molecule has 2 rings (SSSR count). The summed E-state index contributed by atoms with van der Waals surface area (Å²) in [6, 6.07) is 8.86. The molecular formula is C13H15BrN2S. The van der Waals surface area contributed by atoms with E-state index in [0.717, 1.165) is 10.2 Å². The third-order valence-electron chi connectivity index (χ3n) is 2.77. The van der Waals surface area contributed by atoms with Crippen LogP contribution in [0.3, 0.4) is 0 Å². The van der Waals surface area contributed by atoms with Gasteiger partial charge in [-0.15, -0.1) is 11.3 Å². The second-order valence-corrected chi connectivity index (χ2v) is 5.62. The summed E-state index contributed by atoms with van der Waals surface area (Å²) < 4.78 is 1.14. The third kappa shape index (κ3) is 3.15. The molecule has 0 spiro atoms. The van der Waals surface area contributed by atoms with Crippen LogP contribution in [0.25, 0.3) is 0 Å². The van der Waals surface area contributed by atoms with Crippen molar-refractivity contribution in [1.82, 2.24) is 10.3 Å². The Hall–Kier alpha value is -0.710. The number of rotatable bonds is 4. The van der Waals surface area contributed by atoms with Gasteiger partial charge in [-0.25, -0.2) is 4.98 Å². The van der Waals surface area contributed by atoms with Gasteiger partial charge in [0.15, 0.2) is 0 Å². The first-order chi connectivity index (χ1) is 8.18. The highest BCUT2D eigenvalue weighted by atomic mass is 79.9. The first-order valence-corrected chi connectivity index (χ1v) is 7.30. The van der Waals surface area contributed by atoms with Crippen LogP contribution in [0.5, 0.6) is 0 Å². The Morgan fingerprint density at radius 1 is 1.24 bits per heavy atom. The predicted octanol–water partition coefficient (Wildman–Crippen LogP) is 4.32. The molecule has 0 aliphatic rings. The molecule has 17 heavy (non-hydrogen) atoms. The fraction of sp³-hybridized carbons (Fsp3) is 0.308. The molecule has 1 N–H and O–H groups in total. The van der Waals surface area contributed by atoms with Gasteiger partial charge in [0, 0.05) is 21.9 Å². The number of thiazole rings is 1. The Morgan fingerprint density at radius 3 is 2.65 bits per heavy atom. The van der Waals surface area contributed by atoms with E-state index in [2.05, 4.69) is 63.7 Å². The van der Waals surface area contributed by atoms with Crippen LogP contribution in [0.1, 0.15) is 37.2 Å². The number of nitrogens with one attached hydrogen (secondary N) is 1. The van der Waals surface area contributed by atoms with Crippen LogP contribution in [0, 0.1) is 0 Å². The van der Waals surface area contributed by atoms with Crippen molar-refractivity contribution in [3.8, 4) is 0 Å². The van der Waals surface area contributed by atoms with Crippen LogP contribution in [0.4, 0.5) is 0 Å². The minimum absolute atomic E-state index is 0.267. The Balaban J connectivity index is 2.07. The maximum absolute atomic E-state index is 4.33. The van der Waals surface area contributed by atoms with Crippen molar-refractivity contribution in [2.45, 2.75) is 25.9 Å². The lowest BCUT2D eigenvalue weighted by Crippen LogP contribution is -2.22. The van der Waals surface area contributed by atoms with E-state index in [1.807, 2.05) is 11.6 Å². The number of hydrogen-bond acceptors (Lipinski definition) is 3. The lowest BCUT2D eigenvalue weighted by atomic mass is 10.1. The van der Waals surface area contributed by atoms with Crippen molar-refractivity contribution < 1.29 is 0 Å². The summed E-state index contributed by atoms with van der Waals surface area (Å²) in [7, 11) is 0. The SMILES string of the molecule is CC(N[C@H](C)c1ccccc1Br)c1cscn1. The van der Waals surface area contributed by atoms with Crippen molar-refractivity contribution in [2.24, 2.45) is 0 Å². The molecule has 4 heteroatoms. The Kier molecular flexibility index (Phi) is 4.31. The Bertz CT molecular complexity index is 470. The van der Waals surface area contributed by atoms with Crippen molar-refractivity contribution in [2.75, 3.05) is 0 Å². The smallest absolute Gasteiger partial charge is 0.0795 e. The summed E-state index contributed by atoms with van der Waals surface area (Å²) in [4.78, 5) is 4.33. The maximum atomic E-state index is 4.33. The molecule has 2 nitrogen and oxygen atoms in total. The highest BCUT2D eigenvalue weighted by Crippen LogP contribution is 2.25. The third-order valence-corrected chi connectivity index (χ3v) is 4.09. The summed E-state index contributed by atoms with van der Waals surface area (Å²) in [6.45, 7) is 4.31. The average Bonchev–Trinajstić information content (AvgIpc) is 2.82. The van der Waals surface area contributed by atoms with E-state index in [4.69, 9.17) is 0 Å². The molecular weight excluding hydrogens is 296 g/mol. The van der Waals surface area contributed by atoms with Crippen molar-refractivity contribution in [3.63, 3.8) is 0 Å². The molecule has 2 atom stereocenters. The van der Waals surface area contributed by atoms with Crippen LogP contribution in [-0.4, -0.2) is 4.98 Å². The molecule has 0 aliphatic carbocycles. The molecule has 0 saturated carbocycles. The standard InChI is InChI=1S/C13H15BrN2S/c1-9(11-5-3-4-6-12(11)14)16-10(2)13-7-17-8-15-13/h3-10,16H,1-2H3/t9-,10?/m1/s1. The van der Waals surface area contributed by atoms with Crippen molar-refractivity contribution in [3.05, 3.63) is 50.9 Å². The second-order valence-electron chi connectivity index (χ2n) is 4.04. The zero-order valence-electron chi connectivity index (χ0n) is 9.85. The molecule has 1 unspecified atom stereocenters. The van der Waals surface area contributed by atoms with Gasteiger partial charge in [-0.05, 0) is 25.5 Å². The Morgan fingerprint density at radius 2 is 2.00 bits per heavy atom. The van der Waals surface area contributed by atoms with Gasteiger partial charge in [0.1, 0.15) is 0 Å². The first kappa shape index (κ1) is 12.7. The van der Waals surface area contributed by atoms with E-state index < -0.39 is 0 Å². The number of nitrogens with zero attached hydrogens (tertiary/aromatic N) is 1. The van der Waals surface area contributed by atoms with Crippen LogP contribution >= 0.6 is 27.3 Å². The summed E-state index contributed by atoms with van der Waals surface area (Å²) in [5.74, 6) is 0. The molecule has 0 aliphatic heterocycles. The minimum Gasteiger partial charge on any atom is -0.302 e. The molecule has 0 fully saturated rings. The molecule has 0 bridgehead atoms. The normalized spacial score (nSPS) is 14.5. The highest BCUT2D eigenvalue weighted by Gasteiger charge is 2.13.